The first-order valence-corrected chi connectivity index (χ1v) is 9.99. The fraction of sp³-hybridized carbons (Fsp3) is 0.167. The summed E-state index contributed by atoms with van der Waals surface area (Å²) >= 11 is 0. The average molecular weight is 418 g/mol. The normalized spacial score (nSPS) is 10.8. The van der Waals surface area contributed by atoms with Crippen molar-refractivity contribution in [2.75, 3.05) is 10.6 Å². The number of anilines is 2. The van der Waals surface area contributed by atoms with Crippen LogP contribution in [-0.4, -0.2) is 15.7 Å². The van der Waals surface area contributed by atoms with Gasteiger partial charge in [-0.3, -0.25) is 9.48 Å². The first-order chi connectivity index (χ1) is 15.1. The number of hydrogen-bond acceptors (Lipinski definition) is 4. The lowest BCUT2D eigenvalue weighted by Gasteiger charge is -2.11. The second-order valence-corrected chi connectivity index (χ2v) is 7.33. The molecule has 6 nitrogen and oxygen atoms in total. The number of carbonyl (C=O) groups excluding carboxylic acids is 1. The number of aromatic nitrogens is 2. The summed E-state index contributed by atoms with van der Waals surface area (Å²) in [4.78, 5) is 12.2. The van der Waals surface area contributed by atoms with E-state index in [-0.39, 0.29) is 18.0 Å². The Morgan fingerprint density at radius 3 is 2.65 bits per heavy atom. The molecule has 0 atom stereocenters. The van der Waals surface area contributed by atoms with Crippen LogP contribution in [0.25, 0.3) is 11.1 Å². The van der Waals surface area contributed by atoms with Crippen molar-refractivity contribution < 1.29 is 13.6 Å². The number of hydrogen-bond donors (Lipinski definition) is 2. The summed E-state index contributed by atoms with van der Waals surface area (Å²) in [6, 6.07) is 14.6. The summed E-state index contributed by atoms with van der Waals surface area (Å²) in [5.41, 5.74) is 5.06. The van der Waals surface area contributed by atoms with E-state index in [0.717, 1.165) is 27.9 Å². The highest BCUT2D eigenvalue weighted by atomic mass is 19.1. The summed E-state index contributed by atoms with van der Waals surface area (Å²) in [5.74, 6) is -0.716. The van der Waals surface area contributed by atoms with Gasteiger partial charge in [0, 0.05) is 37.5 Å². The molecule has 0 aliphatic rings. The zero-order valence-electron chi connectivity index (χ0n) is 17.1. The Morgan fingerprint density at radius 2 is 1.94 bits per heavy atom. The standard InChI is InChI=1S/C24H23FN4O2/c1-29-15-20(14-27-29)19-5-2-17(3-6-19)13-26-21-7-8-22(25)23(12-21)28-24(30)9-4-18-10-11-31-16-18/h2-3,5-8,10-12,14-16,26H,4,9,13H2,1H3,(H,28,30). The lowest BCUT2D eigenvalue weighted by atomic mass is 10.1. The summed E-state index contributed by atoms with van der Waals surface area (Å²) in [5, 5.41) is 10.1. The van der Waals surface area contributed by atoms with Gasteiger partial charge in [0.15, 0.2) is 0 Å². The lowest BCUT2D eigenvalue weighted by molar-refractivity contribution is -0.116. The van der Waals surface area contributed by atoms with Crippen LogP contribution in [0.3, 0.4) is 0 Å². The minimum atomic E-state index is -0.469. The van der Waals surface area contributed by atoms with E-state index in [2.05, 4.69) is 15.7 Å². The Bertz CT molecular complexity index is 1150. The van der Waals surface area contributed by atoms with E-state index >= 15 is 0 Å². The SMILES string of the molecule is Cn1cc(-c2ccc(CNc3ccc(F)c(NC(=O)CCc4ccoc4)c3)cc2)cn1. The molecule has 0 fully saturated rings. The topological polar surface area (TPSA) is 72.1 Å². The predicted octanol–water partition coefficient (Wildman–Crippen LogP) is 5.00. The van der Waals surface area contributed by atoms with E-state index < -0.39 is 5.82 Å². The van der Waals surface area contributed by atoms with Crippen LogP contribution in [0.4, 0.5) is 15.8 Å². The van der Waals surface area contributed by atoms with Crippen molar-refractivity contribution in [3.63, 3.8) is 0 Å². The third kappa shape index (κ3) is 5.39. The largest absolute Gasteiger partial charge is 0.472 e. The summed E-state index contributed by atoms with van der Waals surface area (Å²) in [7, 11) is 1.89. The molecule has 31 heavy (non-hydrogen) atoms. The van der Waals surface area contributed by atoms with Gasteiger partial charge in [-0.2, -0.15) is 5.10 Å². The highest BCUT2D eigenvalue weighted by Crippen LogP contribution is 2.22. The Labute approximate surface area is 179 Å². The molecule has 0 unspecified atom stereocenters. The fourth-order valence-corrected chi connectivity index (χ4v) is 3.23. The molecule has 0 aliphatic carbocycles. The fourth-order valence-electron chi connectivity index (χ4n) is 3.23. The first kappa shape index (κ1) is 20.4. The number of amides is 1. The van der Waals surface area contributed by atoms with Gasteiger partial charge >= 0.3 is 0 Å². The quantitative estimate of drug-likeness (QED) is 0.422. The van der Waals surface area contributed by atoms with E-state index in [9.17, 15) is 9.18 Å². The van der Waals surface area contributed by atoms with E-state index in [0.29, 0.717) is 13.0 Å². The zero-order valence-corrected chi connectivity index (χ0v) is 17.1. The second-order valence-electron chi connectivity index (χ2n) is 7.33. The molecule has 4 rings (SSSR count). The van der Waals surface area contributed by atoms with Crippen LogP contribution in [0.1, 0.15) is 17.5 Å². The van der Waals surface area contributed by atoms with E-state index in [4.69, 9.17) is 4.42 Å². The van der Waals surface area contributed by atoms with Crippen molar-refractivity contribution in [3.8, 4) is 11.1 Å². The smallest absolute Gasteiger partial charge is 0.224 e. The zero-order chi connectivity index (χ0) is 21.6. The molecule has 2 aromatic heterocycles. The van der Waals surface area contributed by atoms with Crippen molar-refractivity contribution in [2.24, 2.45) is 7.05 Å². The Balaban J connectivity index is 1.34. The summed E-state index contributed by atoms with van der Waals surface area (Å²) in [6.45, 7) is 0.576. The molecule has 7 heteroatoms. The van der Waals surface area contributed by atoms with Gasteiger partial charge < -0.3 is 15.1 Å². The molecule has 0 saturated heterocycles. The number of aryl methyl sites for hydroxylation is 2. The van der Waals surface area contributed by atoms with Gasteiger partial charge in [0.2, 0.25) is 5.91 Å². The van der Waals surface area contributed by atoms with Gasteiger partial charge in [-0.05, 0) is 47.4 Å². The number of nitrogens with zero attached hydrogens (tertiary/aromatic N) is 2. The number of nitrogens with one attached hydrogen (secondary N) is 2. The summed E-state index contributed by atoms with van der Waals surface area (Å²) < 4.78 is 20.9. The number of rotatable bonds is 8. The van der Waals surface area contributed by atoms with Crippen LogP contribution in [0.2, 0.25) is 0 Å². The van der Waals surface area contributed by atoms with Crippen molar-refractivity contribution in [2.45, 2.75) is 19.4 Å². The van der Waals surface area contributed by atoms with Crippen LogP contribution in [0.5, 0.6) is 0 Å². The number of furan rings is 1. The Kier molecular flexibility index (Phi) is 6.12. The molecule has 2 N–H and O–H groups in total. The molecule has 0 radical (unpaired) electrons. The van der Waals surface area contributed by atoms with Gasteiger partial charge in [0.25, 0.3) is 0 Å². The second kappa shape index (κ2) is 9.30. The van der Waals surface area contributed by atoms with Gasteiger partial charge in [0.05, 0.1) is 24.4 Å². The number of halogens is 1. The van der Waals surface area contributed by atoms with Crippen molar-refractivity contribution in [1.29, 1.82) is 0 Å². The maximum absolute atomic E-state index is 14.1. The minimum Gasteiger partial charge on any atom is -0.472 e. The molecule has 158 valence electrons. The summed E-state index contributed by atoms with van der Waals surface area (Å²) in [6.07, 6.45) is 7.75. The molecule has 4 aromatic rings. The van der Waals surface area contributed by atoms with Crippen LogP contribution < -0.4 is 10.6 Å². The van der Waals surface area contributed by atoms with Crippen LogP contribution >= 0.6 is 0 Å². The molecule has 2 heterocycles. The third-order valence-corrected chi connectivity index (χ3v) is 4.95. The number of carbonyl (C=O) groups is 1. The molecular formula is C24H23FN4O2. The van der Waals surface area contributed by atoms with Crippen LogP contribution in [0.15, 0.2) is 77.9 Å². The molecule has 2 aromatic carbocycles. The molecule has 0 spiro atoms. The van der Waals surface area contributed by atoms with E-state index in [1.807, 2.05) is 49.8 Å². The molecule has 0 aliphatic heterocycles. The Hall–Kier alpha value is -3.87. The highest BCUT2D eigenvalue weighted by Gasteiger charge is 2.09. The van der Waals surface area contributed by atoms with Crippen molar-refractivity contribution in [1.82, 2.24) is 9.78 Å². The molecule has 0 saturated carbocycles. The van der Waals surface area contributed by atoms with Crippen molar-refractivity contribution >= 4 is 17.3 Å². The van der Waals surface area contributed by atoms with Crippen LogP contribution in [0, 0.1) is 5.82 Å². The van der Waals surface area contributed by atoms with Gasteiger partial charge in [0.1, 0.15) is 5.82 Å². The predicted molar refractivity (Wildman–Crippen MR) is 118 cm³/mol. The minimum absolute atomic E-state index is 0.161. The van der Waals surface area contributed by atoms with E-state index in [1.165, 1.54) is 6.07 Å². The number of benzene rings is 2. The van der Waals surface area contributed by atoms with E-state index in [1.54, 1.807) is 29.3 Å². The third-order valence-electron chi connectivity index (χ3n) is 4.95. The van der Waals surface area contributed by atoms with Gasteiger partial charge in [-0.15, -0.1) is 0 Å². The first-order valence-electron chi connectivity index (χ1n) is 9.99. The maximum Gasteiger partial charge on any atom is 0.224 e. The molecule has 0 bridgehead atoms. The van der Waals surface area contributed by atoms with Crippen LogP contribution in [-0.2, 0) is 24.8 Å². The lowest BCUT2D eigenvalue weighted by Crippen LogP contribution is -2.13. The van der Waals surface area contributed by atoms with Crippen molar-refractivity contribution in [3.05, 3.63) is 90.4 Å². The highest BCUT2D eigenvalue weighted by molar-refractivity contribution is 5.91. The molecule has 1 amide bonds. The molecular weight excluding hydrogens is 395 g/mol. The maximum atomic E-state index is 14.1. The van der Waals surface area contributed by atoms with Gasteiger partial charge in [-0.25, -0.2) is 4.39 Å². The average Bonchev–Trinajstić information content (AvgIpc) is 3.45. The monoisotopic (exact) mass is 418 g/mol. The Morgan fingerprint density at radius 1 is 1.10 bits per heavy atom. The van der Waals surface area contributed by atoms with Gasteiger partial charge in [-0.1, -0.05) is 24.3 Å².